The van der Waals surface area contributed by atoms with Gasteiger partial charge in [-0.1, -0.05) is 20.4 Å². The Labute approximate surface area is 153 Å². The molecule has 0 bridgehead atoms. The first-order chi connectivity index (χ1) is 11.6. The third kappa shape index (κ3) is 4.25. The molecule has 1 rings (SSSR count). The fraction of sp³-hybridized carbons (Fsp3) is 0.842. The second kappa shape index (κ2) is 7.50. The summed E-state index contributed by atoms with van der Waals surface area (Å²) in [5, 5.41) is 10.1. The number of alkyl halides is 3. The smallest absolute Gasteiger partial charge is 0.419 e. The van der Waals surface area contributed by atoms with Crippen molar-refractivity contribution >= 4 is 5.97 Å². The van der Waals surface area contributed by atoms with Gasteiger partial charge < -0.3 is 14.6 Å². The number of ether oxygens (including phenoxy) is 2. The van der Waals surface area contributed by atoms with Crippen LogP contribution in [0, 0.1) is 5.92 Å². The van der Waals surface area contributed by atoms with Gasteiger partial charge in [-0.15, -0.1) is 0 Å². The van der Waals surface area contributed by atoms with Crippen LogP contribution < -0.4 is 0 Å². The molecule has 1 atom stereocenters. The van der Waals surface area contributed by atoms with Crippen LogP contribution in [0.3, 0.4) is 0 Å². The first-order valence-electron chi connectivity index (χ1n) is 8.99. The van der Waals surface area contributed by atoms with Crippen LogP contribution in [0.1, 0.15) is 67.2 Å². The van der Waals surface area contributed by atoms with Gasteiger partial charge in [0.2, 0.25) is 0 Å². The maximum atomic E-state index is 13.3. The van der Waals surface area contributed by atoms with Crippen LogP contribution in [-0.4, -0.2) is 40.2 Å². The van der Waals surface area contributed by atoms with E-state index >= 15 is 0 Å². The molecule has 7 heteroatoms. The van der Waals surface area contributed by atoms with Gasteiger partial charge >= 0.3 is 12.1 Å². The lowest BCUT2D eigenvalue weighted by Crippen LogP contribution is -2.64. The Morgan fingerprint density at radius 1 is 1.15 bits per heavy atom. The Morgan fingerprint density at radius 2 is 1.62 bits per heavy atom. The summed E-state index contributed by atoms with van der Waals surface area (Å²) >= 11 is 0. The van der Waals surface area contributed by atoms with Gasteiger partial charge in [0.1, 0.15) is 11.7 Å². The predicted molar refractivity (Wildman–Crippen MR) is 92.6 cm³/mol. The SMILES string of the molecule is C=C(C)C(=O)OC1CC(C(CC)(CC)OC(C)(C)C(C)(O)C(F)(F)F)C1. The van der Waals surface area contributed by atoms with Gasteiger partial charge in [-0.05, 0) is 59.3 Å². The van der Waals surface area contributed by atoms with Crippen molar-refractivity contribution in [2.24, 2.45) is 5.92 Å². The summed E-state index contributed by atoms with van der Waals surface area (Å²) in [6, 6.07) is 0. The molecule has 0 heterocycles. The van der Waals surface area contributed by atoms with E-state index in [1.165, 1.54) is 13.8 Å². The third-order valence-electron chi connectivity index (χ3n) is 5.84. The standard InChI is InChI=1S/C19H31F3O4/c1-8-18(9-2,13-10-14(11-13)25-15(23)12(3)4)26-16(5,6)17(7,24)19(20,21)22/h13-14,24H,3,8-11H2,1-2,4-7H3. The summed E-state index contributed by atoms with van der Waals surface area (Å²) < 4.78 is 51.2. The molecule has 4 nitrogen and oxygen atoms in total. The minimum atomic E-state index is -4.82. The van der Waals surface area contributed by atoms with E-state index in [1.807, 2.05) is 13.8 Å². The van der Waals surface area contributed by atoms with E-state index in [0.717, 1.165) is 6.92 Å². The number of rotatable bonds is 8. The first kappa shape index (κ1) is 23.0. The van der Waals surface area contributed by atoms with E-state index < -0.39 is 28.9 Å². The minimum Gasteiger partial charge on any atom is -0.459 e. The van der Waals surface area contributed by atoms with E-state index in [0.29, 0.717) is 31.3 Å². The van der Waals surface area contributed by atoms with Crippen molar-refractivity contribution < 1.29 is 32.5 Å². The molecule has 1 saturated carbocycles. The summed E-state index contributed by atoms with van der Waals surface area (Å²) in [5.41, 5.74) is -5.35. The van der Waals surface area contributed by atoms with E-state index in [1.54, 1.807) is 6.92 Å². The quantitative estimate of drug-likeness (QED) is 0.496. The molecule has 0 amide bonds. The van der Waals surface area contributed by atoms with Gasteiger partial charge in [-0.3, -0.25) is 0 Å². The van der Waals surface area contributed by atoms with Crippen molar-refractivity contribution in [1.29, 1.82) is 0 Å². The second-order valence-electron chi connectivity index (χ2n) is 7.93. The highest BCUT2D eigenvalue weighted by atomic mass is 19.4. The lowest BCUT2D eigenvalue weighted by atomic mass is 9.67. The number of carbonyl (C=O) groups is 1. The molecule has 152 valence electrons. The summed E-state index contributed by atoms with van der Waals surface area (Å²) in [6.07, 6.45) is -3.07. The van der Waals surface area contributed by atoms with E-state index in [9.17, 15) is 23.1 Å². The van der Waals surface area contributed by atoms with Gasteiger partial charge in [0.15, 0.2) is 5.60 Å². The average Bonchev–Trinajstić information content (AvgIpc) is 2.46. The molecule has 1 aliphatic carbocycles. The highest BCUT2D eigenvalue weighted by Gasteiger charge is 2.62. The molecule has 0 spiro atoms. The van der Waals surface area contributed by atoms with E-state index in [2.05, 4.69) is 6.58 Å². The number of carbonyl (C=O) groups excluding carboxylic acids is 1. The van der Waals surface area contributed by atoms with Crippen LogP contribution in [0.15, 0.2) is 12.2 Å². The fourth-order valence-electron chi connectivity index (χ4n) is 3.35. The van der Waals surface area contributed by atoms with Crippen molar-refractivity contribution in [3.63, 3.8) is 0 Å². The average molecular weight is 380 g/mol. The zero-order chi connectivity index (χ0) is 20.6. The van der Waals surface area contributed by atoms with Gasteiger partial charge in [0, 0.05) is 5.57 Å². The maximum absolute atomic E-state index is 13.3. The Balaban J connectivity index is 2.92. The van der Waals surface area contributed by atoms with Crippen LogP contribution in [0.25, 0.3) is 0 Å². The van der Waals surface area contributed by atoms with E-state index in [-0.39, 0.29) is 12.0 Å². The number of aliphatic hydroxyl groups is 1. The molecule has 1 unspecified atom stereocenters. The molecule has 0 aliphatic heterocycles. The Kier molecular flexibility index (Phi) is 6.63. The van der Waals surface area contributed by atoms with Gasteiger partial charge in [-0.25, -0.2) is 4.79 Å². The normalized spacial score (nSPS) is 23.8. The van der Waals surface area contributed by atoms with Crippen molar-refractivity contribution in [3.05, 3.63) is 12.2 Å². The molecule has 0 saturated heterocycles. The molecular formula is C19H31F3O4. The van der Waals surface area contributed by atoms with Crippen LogP contribution in [0.4, 0.5) is 13.2 Å². The van der Waals surface area contributed by atoms with Gasteiger partial charge in [-0.2, -0.15) is 13.2 Å². The number of hydrogen-bond donors (Lipinski definition) is 1. The Morgan fingerprint density at radius 3 is 1.96 bits per heavy atom. The zero-order valence-corrected chi connectivity index (χ0v) is 16.5. The molecular weight excluding hydrogens is 349 g/mol. The Bertz CT molecular complexity index is 527. The highest BCUT2D eigenvalue weighted by Crippen LogP contribution is 2.49. The lowest BCUT2D eigenvalue weighted by Gasteiger charge is -2.53. The molecule has 0 aromatic heterocycles. The molecule has 1 aliphatic rings. The summed E-state index contributed by atoms with van der Waals surface area (Å²) in [5.74, 6) is -0.517. The number of hydrogen-bond acceptors (Lipinski definition) is 4. The molecule has 0 aromatic carbocycles. The Hall–Kier alpha value is -1.08. The van der Waals surface area contributed by atoms with Gasteiger partial charge in [0.25, 0.3) is 0 Å². The zero-order valence-electron chi connectivity index (χ0n) is 16.5. The third-order valence-corrected chi connectivity index (χ3v) is 5.84. The molecule has 1 N–H and O–H groups in total. The summed E-state index contributed by atoms with van der Waals surface area (Å²) in [4.78, 5) is 11.6. The molecule has 26 heavy (non-hydrogen) atoms. The largest absolute Gasteiger partial charge is 0.459 e. The van der Waals surface area contributed by atoms with Crippen LogP contribution in [0.2, 0.25) is 0 Å². The maximum Gasteiger partial charge on any atom is 0.419 e. The van der Waals surface area contributed by atoms with Crippen LogP contribution in [-0.2, 0) is 14.3 Å². The topological polar surface area (TPSA) is 55.8 Å². The van der Waals surface area contributed by atoms with E-state index in [4.69, 9.17) is 9.47 Å². The number of halogens is 3. The van der Waals surface area contributed by atoms with Crippen LogP contribution >= 0.6 is 0 Å². The summed E-state index contributed by atoms with van der Waals surface area (Å²) in [7, 11) is 0. The van der Waals surface area contributed by atoms with Crippen molar-refractivity contribution in [2.75, 3.05) is 0 Å². The van der Waals surface area contributed by atoms with Gasteiger partial charge in [0.05, 0.1) is 5.60 Å². The molecule has 0 radical (unpaired) electrons. The van der Waals surface area contributed by atoms with Crippen molar-refractivity contribution in [2.45, 2.75) is 96.3 Å². The van der Waals surface area contributed by atoms with Crippen LogP contribution in [0.5, 0.6) is 0 Å². The molecule has 0 aromatic rings. The first-order valence-corrected chi connectivity index (χ1v) is 8.99. The highest BCUT2D eigenvalue weighted by molar-refractivity contribution is 5.87. The minimum absolute atomic E-state index is 0.0521. The second-order valence-corrected chi connectivity index (χ2v) is 7.93. The number of esters is 1. The van der Waals surface area contributed by atoms with Crippen molar-refractivity contribution in [1.82, 2.24) is 0 Å². The monoisotopic (exact) mass is 380 g/mol. The predicted octanol–water partition coefficient (Wildman–Crippen LogP) is 4.55. The summed E-state index contributed by atoms with van der Waals surface area (Å²) in [6.45, 7) is 12.1. The molecule has 1 fully saturated rings. The van der Waals surface area contributed by atoms with Crippen molar-refractivity contribution in [3.8, 4) is 0 Å². The lowest BCUT2D eigenvalue weighted by molar-refractivity contribution is -0.338. The fourth-order valence-corrected chi connectivity index (χ4v) is 3.35.